The zero-order valence-corrected chi connectivity index (χ0v) is 12.0. The van der Waals surface area contributed by atoms with Gasteiger partial charge in [-0.3, -0.25) is 4.79 Å². The van der Waals surface area contributed by atoms with Crippen LogP contribution in [0.15, 0.2) is 34.8 Å². The molecule has 0 heterocycles. The lowest BCUT2D eigenvalue weighted by Gasteiger charge is -2.19. The highest BCUT2D eigenvalue weighted by molar-refractivity contribution is 6.04. The third-order valence-electron chi connectivity index (χ3n) is 3.80. The van der Waals surface area contributed by atoms with Gasteiger partial charge in [0.05, 0.1) is 0 Å². The van der Waals surface area contributed by atoms with Gasteiger partial charge in [-0.2, -0.15) is 4.99 Å². The van der Waals surface area contributed by atoms with Crippen LogP contribution in [0.2, 0.25) is 0 Å². The Balaban J connectivity index is 2.42. The predicted octanol–water partition coefficient (Wildman–Crippen LogP) is 2.09. The van der Waals surface area contributed by atoms with Crippen molar-refractivity contribution in [3.05, 3.63) is 41.0 Å². The van der Waals surface area contributed by atoms with E-state index in [1.807, 2.05) is 24.3 Å². The molecule has 0 aliphatic heterocycles. The van der Waals surface area contributed by atoms with Crippen molar-refractivity contribution in [3.63, 3.8) is 0 Å². The maximum absolute atomic E-state index is 12.1. The number of nitrogens with zero attached hydrogens (tertiary/aromatic N) is 1. The van der Waals surface area contributed by atoms with Crippen LogP contribution in [0.4, 0.5) is 0 Å². The van der Waals surface area contributed by atoms with Crippen LogP contribution in [0.5, 0.6) is 0 Å². The van der Waals surface area contributed by atoms with Crippen LogP contribution in [0.3, 0.4) is 0 Å². The highest BCUT2D eigenvalue weighted by atomic mass is 16.1. The predicted molar refractivity (Wildman–Crippen MR) is 81.9 cm³/mol. The highest BCUT2D eigenvalue weighted by Gasteiger charge is 2.23. The molecule has 1 aromatic rings. The summed E-state index contributed by atoms with van der Waals surface area (Å²) in [5, 5.41) is 0. The first-order valence-corrected chi connectivity index (χ1v) is 6.90. The molecular weight excluding hydrogens is 250 g/mol. The number of carbonyl (C=O) groups is 1. The van der Waals surface area contributed by atoms with Gasteiger partial charge in [0.25, 0.3) is 5.91 Å². The van der Waals surface area contributed by atoms with E-state index in [1.54, 1.807) is 0 Å². The summed E-state index contributed by atoms with van der Waals surface area (Å²) in [6.45, 7) is 4.36. The molecule has 106 valence electrons. The molecule has 1 atom stereocenters. The van der Waals surface area contributed by atoms with Crippen LogP contribution >= 0.6 is 0 Å². The van der Waals surface area contributed by atoms with E-state index in [-0.39, 0.29) is 11.9 Å². The van der Waals surface area contributed by atoms with E-state index in [4.69, 9.17) is 11.5 Å². The molecule has 0 fully saturated rings. The van der Waals surface area contributed by atoms with E-state index >= 15 is 0 Å². The summed E-state index contributed by atoms with van der Waals surface area (Å²) in [7, 11) is 0. The number of carbonyl (C=O) groups excluding carboxylic acids is 1. The molecule has 1 unspecified atom stereocenters. The van der Waals surface area contributed by atoms with E-state index in [1.165, 1.54) is 5.56 Å². The van der Waals surface area contributed by atoms with Gasteiger partial charge in [0.15, 0.2) is 5.96 Å². The summed E-state index contributed by atoms with van der Waals surface area (Å²) < 4.78 is 0. The fourth-order valence-corrected chi connectivity index (χ4v) is 2.55. The lowest BCUT2D eigenvalue weighted by molar-refractivity contribution is -0.114. The van der Waals surface area contributed by atoms with Crippen LogP contribution in [-0.2, 0) is 11.2 Å². The summed E-state index contributed by atoms with van der Waals surface area (Å²) in [4.78, 5) is 15.8. The molecule has 0 spiro atoms. The van der Waals surface area contributed by atoms with Gasteiger partial charge in [-0.25, -0.2) is 0 Å². The minimum atomic E-state index is -0.327. The topological polar surface area (TPSA) is 81.5 Å². The van der Waals surface area contributed by atoms with Gasteiger partial charge >= 0.3 is 0 Å². The second-order valence-corrected chi connectivity index (χ2v) is 5.62. The second-order valence-electron chi connectivity index (χ2n) is 5.62. The molecule has 0 aromatic heterocycles. The van der Waals surface area contributed by atoms with Crippen molar-refractivity contribution >= 4 is 17.9 Å². The molecule has 1 aliphatic rings. The lowest BCUT2D eigenvalue weighted by atomic mass is 9.85. The number of nitrogens with two attached hydrogens (primary N) is 2. The van der Waals surface area contributed by atoms with Crippen LogP contribution < -0.4 is 11.5 Å². The van der Waals surface area contributed by atoms with E-state index < -0.39 is 0 Å². The summed E-state index contributed by atoms with van der Waals surface area (Å²) in [5.74, 6) is 0.404. The molecule has 0 radical (unpaired) electrons. The Hall–Kier alpha value is -2.10. The normalized spacial score (nSPS) is 17.9. The molecule has 1 aliphatic carbocycles. The number of hydrogen-bond acceptors (Lipinski definition) is 1. The average Bonchev–Trinajstić information content (AvgIpc) is 2.57. The first kappa shape index (κ1) is 14.3. The SMILES string of the molecule is CC(C)C1CC(C(=O)N=C(N)N)=Cc2ccccc2C1. The molecule has 2 rings (SSSR count). The van der Waals surface area contributed by atoms with Crippen molar-refractivity contribution in [3.8, 4) is 0 Å². The van der Waals surface area contributed by atoms with Crippen LogP contribution in [0, 0.1) is 11.8 Å². The second kappa shape index (κ2) is 5.90. The fraction of sp³-hybridized carbons (Fsp3) is 0.375. The van der Waals surface area contributed by atoms with Crippen LogP contribution in [0.25, 0.3) is 6.08 Å². The zero-order chi connectivity index (χ0) is 14.7. The third kappa shape index (κ3) is 3.26. The lowest BCUT2D eigenvalue weighted by Crippen LogP contribution is -2.25. The van der Waals surface area contributed by atoms with E-state index in [0.717, 1.165) is 12.0 Å². The Labute approximate surface area is 119 Å². The van der Waals surface area contributed by atoms with Gasteiger partial charge in [-0.05, 0) is 41.9 Å². The number of fused-ring (bicyclic) bond motifs is 1. The first-order valence-electron chi connectivity index (χ1n) is 6.90. The van der Waals surface area contributed by atoms with Gasteiger partial charge < -0.3 is 11.5 Å². The maximum Gasteiger partial charge on any atom is 0.276 e. The number of guanidine groups is 1. The number of amides is 1. The molecule has 1 aromatic carbocycles. The van der Waals surface area contributed by atoms with Gasteiger partial charge in [-0.1, -0.05) is 38.1 Å². The summed E-state index contributed by atoms with van der Waals surface area (Å²) >= 11 is 0. The standard InChI is InChI=1S/C16H21N3O/c1-10(2)13-7-11-5-3-4-6-12(11)8-14(9-13)15(20)19-16(17)18/h3-6,8,10,13H,7,9H2,1-2H3,(H4,17,18,19,20). The molecule has 4 N–H and O–H groups in total. The van der Waals surface area contributed by atoms with E-state index in [0.29, 0.717) is 23.8 Å². The molecule has 0 saturated heterocycles. The van der Waals surface area contributed by atoms with E-state index in [9.17, 15) is 4.79 Å². The number of rotatable bonds is 2. The molecule has 4 nitrogen and oxygen atoms in total. The highest BCUT2D eigenvalue weighted by Crippen LogP contribution is 2.31. The van der Waals surface area contributed by atoms with Gasteiger partial charge in [-0.15, -0.1) is 0 Å². The Morgan fingerprint density at radius 3 is 2.60 bits per heavy atom. The third-order valence-corrected chi connectivity index (χ3v) is 3.80. The van der Waals surface area contributed by atoms with Crippen molar-refractivity contribution in [2.45, 2.75) is 26.7 Å². The largest absolute Gasteiger partial charge is 0.370 e. The monoisotopic (exact) mass is 271 g/mol. The quantitative estimate of drug-likeness (QED) is 0.638. The Morgan fingerprint density at radius 2 is 1.95 bits per heavy atom. The first-order chi connectivity index (χ1) is 9.47. The Bertz CT molecular complexity index is 569. The molecule has 4 heteroatoms. The fourth-order valence-electron chi connectivity index (χ4n) is 2.55. The van der Waals surface area contributed by atoms with Crippen molar-refractivity contribution in [2.24, 2.45) is 28.3 Å². The molecule has 0 bridgehead atoms. The average molecular weight is 271 g/mol. The zero-order valence-electron chi connectivity index (χ0n) is 12.0. The molecule has 20 heavy (non-hydrogen) atoms. The number of benzene rings is 1. The molecule has 0 saturated carbocycles. The van der Waals surface area contributed by atoms with Gasteiger partial charge in [0, 0.05) is 5.57 Å². The minimum Gasteiger partial charge on any atom is -0.370 e. The van der Waals surface area contributed by atoms with Crippen LogP contribution in [-0.4, -0.2) is 11.9 Å². The Kier molecular flexibility index (Phi) is 4.23. The maximum atomic E-state index is 12.1. The van der Waals surface area contributed by atoms with Crippen molar-refractivity contribution in [2.75, 3.05) is 0 Å². The minimum absolute atomic E-state index is 0.186. The van der Waals surface area contributed by atoms with Crippen molar-refractivity contribution in [1.29, 1.82) is 0 Å². The van der Waals surface area contributed by atoms with Gasteiger partial charge in [0.1, 0.15) is 0 Å². The van der Waals surface area contributed by atoms with Crippen molar-refractivity contribution in [1.82, 2.24) is 0 Å². The number of hydrogen-bond donors (Lipinski definition) is 2. The smallest absolute Gasteiger partial charge is 0.276 e. The molecular formula is C16H21N3O. The van der Waals surface area contributed by atoms with Gasteiger partial charge in [0.2, 0.25) is 0 Å². The van der Waals surface area contributed by atoms with Crippen molar-refractivity contribution < 1.29 is 4.79 Å². The number of aliphatic imine (C=N–C) groups is 1. The Morgan fingerprint density at radius 1 is 1.25 bits per heavy atom. The summed E-state index contributed by atoms with van der Waals surface area (Å²) in [6, 6.07) is 8.16. The summed E-state index contributed by atoms with van der Waals surface area (Å²) in [5.41, 5.74) is 13.7. The summed E-state index contributed by atoms with van der Waals surface area (Å²) in [6.07, 6.45) is 3.61. The molecule has 1 amide bonds. The van der Waals surface area contributed by atoms with Crippen LogP contribution in [0.1, 0.15) is 31.4 Å². The van der Waals surface area contributed by atoms with E-state index in [2.05, 4.69) is 24.9 Å².